The number of H-pyrrole nitrogens is 1. The van der Waals surface area contributed by atoms with Crippen LogP contribution in [0.4, 0.5) is 18.9 Å². The van der Waals surface area contributed by atoms with Gasteiger partial charge in [-0.1, -0.05) is 13.3 Å². The molecule has 0 radical (unpaired) electrons. The van der Waals surface area contributed by atoms with Crippen molar-refractivity contribution in [1.82, 2.24) is 9.78 Å². The molecule has 1 aromatic carbocycles. The van der Waals surface area contributed by atoms with Crippen LogP contribution in [0, 0.1) is 0 Å². The number of hydrogen-bond donors (Lipinski definition) is 2. The van der Waals surface area contributed by atoms with Gasteiger partial charge in [-0.25, -0.2) is 4.68 Å². The van der Waals surface area contributed by atoms with E-state index in [0.29, 0.717) is 17.8 Å². The third kappa shape index (κ3) is 2.56. The Morgan fingerprint density at radius 3 is 2.35 bits per heavy atom. The van der Waals surface area contributed by atoms with E-state index in [-0.39, 0.29) is 5.69 Å². The molecule has 1 aromatic heterocycles. The van der Waals surface area contributed by atoms with Crippen molar-refractivity contribution < 1.29 is 13.2 Å². The van der Waals surface area contributed by atoms with Crippen LogP contribution in [-0.2, 0) is 12.6 Å². The molecule has 1 heterocycles. The van der Waals surface area contributed by atoms with Gasteiger partial charge in [0.1, 0.15) is 5.69 Å². The average Bonchev–Trinajstić information content (AvgIpc) is 2.67. The Kier molecular flexibility index (Phi) is 3.61. The molecule has 0 aliphatic heterocycles. The van der Waals surface area contributed by atoms with Gasteiger partial charge in [-0.15, -0.1) is 0 Å². The van der Waals surface area contributed by atoms with Crippen molar-refractivity contribution in [2.24, 2.45) is 0 Å². The Labute approximate surface area is 113 Å². The zero-order valence-electron chi connectivity index (χ0n) is 10.8. The van der Waals surface area contributed by atoms with E-state index < -0.39 is 17.3 Å². The van der Waals surface area contributed by atoms with Gasteiger partial charge in [-0.05, 0) is 30.7 Å². The third-order valence-electron chi connectivity index (χ3n) is 2.96. The van der Waals surface area contributed by atoms with Gasteiger partial charge in [0.05, 0.1) is 16.9 Å². The number of nitrogens with two attached hydrogens (primary N) is 1. The highest BCUT2D eigenvalue weighted by atomic mass is 19.4. The molecule has 7 heteroatoms. The van der Waals surface area contributed by atoms with Gasteiger partial charge < -0.3 is 5.73 Å². The van der Waals surface area contributed by atoms with Gasteiger partial charge in [0.2, 0.25) is 0 Å². The molecule has 4 nitrogen and oxygen atoms in total. The van der Waals surface area contributed by atoms with Crippen LogP contribution in [0.2, 0.25) is 0 Å². The number of benzene rings is 1. The standard InChI is InChI=1S/C13H14F3N3O/c1-2-3-10-11(17)12(20)19(18-10)9-6-4-8(5-7-9)13(14,15)16/h4-7,18H,2-3,17H2,1H3. The first kappa shape index (κ1) is 14.2. The van der Waals surface area contributed by atoms with E-state index in [9.17, 15) is 18.0 Å². The van der Waals surface area contributed by atoms with Crippen LogP contribution in [0.25, 0.3) is 5.69 Å². The highest BCUT2D eigenvalue weighted by Gasteiger charge is 2.30. The van der Waals surface area contributed by atoms with E-state index in [1.807, 2.05) is 6.92 Å². The van der Waals surface area contributed by atoms with E-state index in [4.69, 9.17) is 5.73 Å². The van der Waals surface area contributed by atoms with Crippen LogP contribution in [0.15, 0.2) is 29.1 Å². The number of nitrogens with zero attached hydrogens (tertiary/aromatic N) is 1. The number of nitrogens with one attached hydrogen (secondary N) is 1. The number of alkyl halides is 3. The SMILES string of the molecule is CCCc1[nH]n(-c2ccc(C(F)(F)F)cc2)c(=O)c1N. The monoisotopic (exact) mass is 285 g/mol. The maximum atomic E-state index is 12.5. The quantitative estimate of drug-likeness (QED) is 0.910. The Balaban J connectivity index is 2.42. The third-order valence-corrected chi connectivity index (χ3v) is 2.96. The predicted octanol–water partition coefficient (Wildman–Crippen LogP) is 2.72. The lowest BCUT2D eigenvalue weighted by Gasteiger charge is -2.07. The molecule has 0 fully saturated rings. The molecule has 0 saturated heterocycles. The summed E-state index contributed by atoms with van der Waals surface area (Å²) in [6, 6.07) is 4.32. The smallest absolute Gasteiger partial charge is 0.393 e. The Hall–Kier alpha value is -2.18. The van der Waals surface area contributed by atoms with Gasteiger partial charge in [0.25, 0.3) is 5.56 Å². The van der Waals surface area contributed by atoms with Crippen molar-refractivity contribution in [3.8, 4) is 5.69 Å². The summed E-state index contributed by atoms with van der Waals surface area (Å²) in [5.41, 5.74) is 5.48. The zero-order chi connectivity index (χ0) is 14.9. The molecule has 0 aliphatic rings. The van der Waals surface area contributed by atoms with Gasteiger partial charge >= 0.3 is 6.18 Å². The molecule has 2 rings (SSSR count). The summed E-state index contributed by atoms with van der Waals surface area (Å²) in [6.07, 6.45) is -2.99. The molecule has 0 spiro atoms. The lowest BCUT2D eigenvalue weighted by molar-refractivity contribution is -0.137. The second-order valence-electron chi connectivity index (χ2n) is 4.44. The lowest BCUT2D eigenvalue weighted by Crippen LogP contribution is -2.17. The first-order valence-corrected chi connectivity index (χ1v) is 6.11. The first-order valence-electron chi connectivity index (χ1n) is 6.11. The normalized spacial score (nSPS) is 11.8. The second-order valence-corrected chi connectivity index (χ2v) is 4.44. The molecule has 20 heavy (non-hydrogen) atoms. The number of nitrogen functional groups attached to an aromatic ring is 1. The van der Waals surface area contributed by atoms with Gasteiger partial charge in [-0.3, -0.25) is 9.89 Å². The molecular weight excluding hydrogens is 271 g/mol. The fourth-order valence-electron chi connectivity index (χ4n) is 1.92. The van der Waals surface area contributed by atoms with Crippen LogP contribution >= 0.6 is 0 Å². The molecule has 0 saturated carbocycles. The molecule has 108 valence electrons. The minimum atomic E-state index is -4.40. The van der Waals surface area contributed by atoms with Crippen LogP contribution in [-0.4, -0.2) is 9.78 Å². The number of rotatable bonds is 3. The Morgan fingerprint density at radius 2 is 1.85 bits per heavy atom. The summed E-state index contributed by atoms with van der Waals surface area (Å²) in [4.78, 5) is 11.9. The highest BCUT2D eigenvalue weighted by molar-refractivity contribution is 5.45. The van der Waals surface area contributed by atoms with Crippen molar-refractivity contribution in [2.75, 3.05) is 5.73 Å². The fraction of sp³-hybridized carbons (Fsp3) is 0.308. The van der Waals surface area contributed by atoms with E-state index in [1.54, 1.807) is 0 Å². The molecule has 0 bridgehead atoms. The fourth-order valence-corrected chi connectivity index (χ4v) is 1.92. The lowest BCUT2D eigenvalue weighted by atomic mass is 10.2. The molecule has 0 aliphatic carbocycles. The van der Waals surface area contributed by atoms with Crippen LogP contribution in [0.3, 0.4) is 0 Å². The number of aromatic amines is 1. The molecule has 0 atom stereocenters. The number of aromatic nitrogens is 2. The summed E-state index contributed by atoms with van der Waals surface area (Å²) in [5, 5.41) is 2.82. The van der Waals surface area contributed by atoms with Crippen LogP contribution < -0.4 is 11.3 Å². The van der Waals surface area contributed by atoms with Crippen LogP contribution in [0.5, 0.6) is 0 Å². The summed E-state index contributed by atoms with van der Waals surface area (Å²) < 4.78 is 38.6. The average molecular weight is 285 g/mol. The summed E-state index contributed by atoms with van der Waals surface area (Å²) >= 11 is 0. The molecule has 3 N–H and O–H groups in total. The van der Waals surface area contributed by atoms with E-state index in [0.717, 1.165) is 23.2 Å². The van der Waals surface area contributed by atoms with Crippen molar-refractivity contribution in [3.63, 3.8) is 0 Å². The Morgan fingerprint density at radius 1 is 1.25 bits per heavy atom. The molecule has 0 amide bonds. The summed E-state index contributed by atoms with van der Waals surface area (Å²) in [5.74, 6) is 0. The van der Waals surface area contributed by atoms with Crippen molar-refractivity contribution in [1.29, 1.82) is 0 Å². The second kappa shape index (κ2) is 5.07. The summed E-state index contributed by atoms with van der Waals surface area (Å²) in [7, 11) is 0. The van der Waals surface area contributed by atoms with Gasteiger partial charge in [0.15, 0.2) is 0 Å². The molecular formula is C13H14F3N3O. The van der Waals surface area contributed by atoms with E-state index >= 15 is 0 Å². The number of hydrogen-bond acceptors (Lipinski definition) is 2. The van der Waals surface area contributed by atoms with Gasteiger partial charge in [0, 0.05) is 0 Å². The number of aryl methyl sites for hydroxylation is 1. The molecule has 0 unspecified atom stereocenters. The highest BCUT2D eigenvalue weighted by Crippen LogP contribution is 2.29. The van der Waals surface area contributed by atoms with E-state index in [2.05, 4.69) is 5.10 Å². The summed E-state index contributed by atoms with van der Waals surface area (Å²) in [6.45, 7) is 1.94. The Bertz CT molecular complexity index is 653. The number of halogens is 3. The van der Waals surface area contributed by atoms with E-state index in [1.165, 1.54) is 12.1 Å². The van der Waals surface area contributed by atoms with Crippen molar-refractivity contribution in [2.45, 2.75) is 25.9 Å². The zero-order valence-corrected chi connectivity index (χ0v) is 10.8. The van der Waals surface area contributed by atoms with Crippen molar-refractivity contribution >= 4 is 5.69 Å². The minimum absolute atomic E-state index is 0.103. The predicted molar refractivity (Wildman–Crippen MR) is 69.8 cm³/mol. The topological polar surface area (TPSA) is 63.8 Å². The van der Waals surface area contributed by atoms with Crippen molar-refractivity contribution in [3.05, 3.63) is 45.9 Å². The minimum Gasteiger partial charge on any atom is -0.393 e. The largest absolute Gasteiger partial charge is 0.416 e. The maximum absolute atomic E-state index is 12.5. The first-order chi connectivity index (χ1) is 9.34. The van der Waals surface area contributed by atoms with Crippen LogP contribution in [0.1, 0.15) is 24.6 Å². The van der Waals surface area contributed by atoms with Gasteiger partial charge in [-0.2, -0.15) is 13.2 Å². The number of anilines is 1. The molecule has 2 aromatic rings. The maximum Gasteiger partial charge on any atom is 0.416 e.